The van der Waals surface area contributed by atoms with Crippen molar-refractivity contribution in [3.05, 3.63) is 87.8 Å². The fourth-order valence-corrected chi connectivity index (χ4v) is 3.39. The van der Waals surface area contributed by atoms with Gasteiger partial charge < -0.3 is 19.9 Å². The fraction of sp³-hybridized carbons (Fsp3) is 0.217. The Hall–Kier alpha value is -3.93. The molecule has 0 fully saturated rings. The summed E-state index contributed by atoms with van der Waals surface area (Å²) in [7, 11) is 0. The highest BCUT2D eigenvalue weighted by Gasteiger charge is 2.37. The Morgan fingerprint density at radius 2 is 1.91 bits per heavy atom. The number of carbonyl (C=O) groups is 1. The molecule has 6 nitrogen and oxygen atoms in total. The highest BCUT2D eigenvalue weighted by Crippen LogP contribution is 2.41. The number of nitrogens with two attached hydrogens (primary N) is 1. The van der Waals surface area contributed by atoms with Crippen molar-refractivity contribution in [1.29, 1.82) is 5.26 Å². The van der Waals surface area contributed by atoms with Crippen LogP contribution in [-0.4, -0.2) is 12.6 Å². The lowest BCUT2D eigenvalue weighted by Gasteiger charge is -2.28. The van der Waals surface area contributed by atoms with Gasteiger partial charge in [0.1, 0.15) is 24.0 Å². The van der Waals surface area contributed by atoms with Crippen molar-refractivity contribution in [1.82, 2.24) is 0 Å². The van der Waals surface area contributed by atoms with Crippen molar-refractivity contribution in [2.75, 3.05) is 6.61 Å². The Bertz CT molecular complexity index is 1170. The number of esters is 1. The number of nitriles is 1. The Kier molecular flexibility index (Phi) is 6.73. The van der Waals surface area contributed by atoms with Crippen LogP contribution >= 0.6 is 0 Å². The predicted molar refractivity (Wildman–Crippen MR) is 107 cm³/mol. The van der Waals surface area contributed by atoms with Crippen LogP contribution < -0.4 is 10.5 Å². The second-order valence-electron chi connectivity index (χ2n) is 6.78. The highest BCUT2D eigenvalue weighted by atomic mass is 19.2. The third kappa shape index (κ3) is 4.25. The molecule has 2 N–H and O–H groups in total. The van der Waals surface area contributed by atoms with E-state index in [0.717, 1.165) is 12.1 Å². The first-order valence-electron chi connectivity index (χ1n) is 9.59. The topological polar surface area (TPSA) is 94.6 Å². The van der Waals surface area contributed by atoms with Crippen LogP contribution in [0.15, 0.2) is 59.2 Å². The van der Waals surface area contributed by atoms with Gasteiger partial charge in [-0.15, -0.1) is 0 Å². The molecule has 166 valence electrons. The zero-order chi connectivity index (χ0) is 23.4. The minimum Gasteiger partial charge on any atom is -0.486 e. The molecule has 0 saturated carbocycles. The Morgan fingerprint density at radius 3 is 2.59 bits per heavy atom. The molecule has 0 radical (unpaired) electrons. The predicted octanol–water partition coefficient (Wildman–Crippen LogP) is 4.33. The minimum atomic E-state index is -1.65. The molecule has 9 heteroatoms. The van der Waals surface area contributed by atoms with Crippen LogP contribution in [0.2, 0.25) is 0 Å². The summed E-state index contributed by atoms with van der Waals surface area (Å²) in [6, 6.07) is 10.3. The van der Waals surface area contributed by atoms with Crippen LogP contribution in [0, 0.1) is 28.8 Å². The van der Waals surface area contributed by atoms with Crippen molar-refractivity contribution in [3.63, 3.8) is 0 Å². The van der Waals surface area contributed by atoms with E-state index in [2.05, 4.69) is 0 Å². The molecule has 0 aliphatic carbocycles. The van der Waals surface area contributed by atoms with E-state index in [9.17, 15) is 23.2 Å². The number of halogens is 3. The van der Waals surface area contributed by atoms with Gasteiger partial charge in [-0.1, -0.05) is 24.3 Å². The molecule has 2 aromatic carbocycles. The summed E-state index contributed by atoms with van der Waals surface area (Å²) < 4.78 is 56.6. The third-order valence-corrected chi connectivity index (χ3v) is 4.85. The molecule has 2 aromatic rings. The number of benzene rings is 2. The SMILES string of the molecule is CCOC(=O)C1=C(C)OC(N)=C(C#N)C1c1ccccc1COc1ccc(F)c(F)c1F. The van der Waals surface area contributed by atoms with Crippen molar-refractivity contribution in [2.45, 2.75) is 26.4 Å². The van der Waals surface area contributed by atoms with E-state index in [0.29, 0.717) is 11.1 Å². The number of ether oxygens (including phenoxy) is 3. The molecular formula is C23H19F3N2O4. The summed E-state index contributed by atoms with van der Waals surface area (Å²) in [4.78, 5) is 12.7. The average molecular weight is 444 g/mol. The van der Waals surface area contributed by atoms with Gasteiger partial charge in [-0.2, -0.15) is 9.65 Å². The molecule has 1 aliphatic heterocycles. The molecule has 0 amide bonds. The van der Waals surface area contributed by atoms with Crippen LogP contribution in [0.5, 0.6) is 5.75 Å². The van der Waals surface area contributed by atoms with Crippen LogP contribution in [0.25, 0.3) is 0 Å². The first kappa shape index (κ1) is 22.7. The van der Waals surface area contributed by atoms with Gasteiger partial charge in [-0.25, -0.2) is 13.6 Å². The summed E-state index contributed by atoms with van der Waals surface area (Å²) >= 11 is 0. The maximum Gasteiger partial charge on any atom is 0.338 e. The second kappa shape index (κ2) is 9.47. The molecule has 0 saturated heterocycles. The molecule has 1 aliphatic rings. The normalized spacial score (nSPS) is 15.8. The molecule has 1 heterocycles. The lowest BCUT2D eigenvalue weighted by Crippen LogP contribution is -2.26. The van der Waals surface area contributed by atoms with E-state index in [4.69, 9.17) is 19.9 Å². The number of carbonyl (C=O) groups excluding carboxylic acids is 1. The van der Waals surface area contributed by atoms with Gasteiger partial charge in [0, 0.05) is 0 Å². The summed E-state index contributed by atoms with van der Waals surface area (Å²) in [6.45, 7) is 3.00. The van der Waals surface area contributed by atoms with E-state index in [1.807, 2.05) is 6.07 Å². The van der Waals surface area contributed by atoms with Crippen LogP contribution in [0.4, 0.5) is 13.2 Å². The van der Waals surface area contributed by atoms with Crippen molar-refractivity contribution in [2.24, 2.45) is 5.73 Å². The standard InChI is InChI=1S/C23H19F3N2O4/c1-3-30-23(29)18-12(2)32-22(28)15(10-27)19(18)14-7-5-4-6-13(14)11-31-17-9-8-16(24)20(25)21(17)26/h4-9,19H,3,11,28H2,1-2H3. The number of hydrogen-bond donors (Lipinski definition) is 1. The first-order chi connectivity index (χ1) is 15.3. The van der Waals surface area contributed by atoms with Gasteiger partial charge in [-0.05, 0) is 37.1 Å². The molecule has 0 aromatic heterocycles. The van der Waals surface area contributed by atoms with Gasteiger partial charge in [0.2, 0.25) is 11.7 Å². The molecule has 1 atom stereocenters. The number of hydrogen-bond acceptors (Lipinski definition) is 6. The minimum absolute atomic E-state index is 0.00916. The Morgan fingerprint density at radius 1 is 1.19 bits per heavy atom. The molecule has 1 unspecified atom stereocenters. The maximum atomic E-state index is 14.0. The zero-order valence-electron chi connectivity index (χ0n) is 17.2. The van der Waals surface area contributed by atoms with E-state index >= 15 is 0 Å². The maximum absolute atomic E-state index is 14.0. The molecular weight excluding hydrogens is 425 g/mol. The average Bonchev–Trinajstić information content (AvgIpc) is 2.77. The first-order valence-corrected chi connectivity index (χ1v) is 9.59. The van der Waals surface area contributed by atoms with Crippen molar-refractivity contribution in [3.8, 4) is 11.8 Å². The Labute approximate surface area is 182 Å². The van der Waals surface area contributed by atoms with E-state index in [1.54, 1.807) is 31.2 Å². The monoisotopic (exact) mass is 444 g/mol. The van der Waals surface area contributed by atoms with Crippen LogP contribution in [-0.2, 0) is 20.9 Å². The van der Waals surface area contributed by atoms with Gasteiger partial charge in [0.05, 0.1) is 18.1 Å². The van der Waals surface area contributed by atoms with Crippen LogP contribution in [0.1, 0.15) is 30.9 Å². The molecule has 0 bridgehead atoms. The third-order valence-electron chi connectivity index (χ3n) is 4.85. The Balaban J connectivity index is 2.04. The van der Waals surface area contributed by atoms with Gasteiger partial charge >= 0.3 is 5.97 Å². The molecule has 32 heavy (non-hydrogen) atoms. The van der Waals surface area contributed by atoms with Crippen molar-refractivity contribution < 1.29 is 32.2 Å². The van der Waals surface area contributed by atoms with Gasteiger partial charge in [0.15, 0.2) is 17.4 Å². The smallest absolute Gasteiger partial charge is 0.338 e. The molecule has 3 rings (SSSR count). The van der Waals surface area contributed by atoms with Crippen molar-refractivity contribution >= 4 is 5.97 Å². The lowest BCUT2D eigenvalue weighted by molar-refractivity contribution is -0.139. The van der Waals surface area contributed by atoms with Crippen LogP contribution in [0.3, 0.4) is 0 Å². The number of rotatable bonds is 6. The van der Waals surface area contributed by atoms with E-state index < -0.39 is 35.1 Å². The number of nitrogens with zero attached hydrogens (tertiary/aromatic N) is 1. The zero-order valence-corrected chi connectivity index (χ0v) is 17.2. The van der Waals surface area contributed by atoms with Gasteiger partial charge in [0.25, 0.3) is 0 Å². The summed E-state index contributed by atoms with van der Waals surface area (Å²) in [5.74, 6) is -6.53. The summed E-state index contributed by atoms with van der Waals surface area (Å²) in [6.07, 6.45) is 0. The summed E-state index contributed by atoms with van der Waals surface area (Å²) in [5, 5.41) is 9.70. The number of allylic oxidation sites excluding steroid dienone is 2. The highest BCUT2D eigenvalue weighted by molar-refractivity contribution is 5.92. The largest absolute Gasteiger partial charge is 0.486 e. The van der Waals surface area contributed by atoms with E-state index in [1.165, 1.54) is 6.92 Å². The lowest BCUT2D eigenvalue weighted by atomic mass is 9.81. The van der Waals surface area contributed by atoms with E-state index in [-0.39, 0.29) is 36.0 Å². The summed E-state index contributed by atoms with van der Waals surface area (Å²) in [5.41, 5.74) is 6.89. The fourth-order valence-electron chi connectivity index (χ4n) is 3.39. The van der Waals surface area contributed by atoms with Gasteiger partial charge in [-0.3, -0.25) is 0 Å². The molecule has 0 spiro atoms. The second-order valence-corrected chi connectivity index (χ2v) is 6.78. The quantitative estimate of drug-likeness (QED) is 0.527.